The topological polar surface area (TPSA) is 38.3 Å². The molecule has 0 saturated carbocycles. The molecule has 1 heterocycles. The summed E-state index contributed by atoms with van der Waals surface area (Å²) in [7, 11) is 0. The number of ketones is 1. The molecule has 0 aromatic carbocycles. The lowest BCUT2D eigenvalue weighted by Crippen LogP contribution is -2.37. The second-order valence-corrected chi connectivity index (χ2v) is 3.10. The molecular weight excluding hydrogens is 154 g/mol. The summed E-state index contributed by atoms with van der Waals surface area (Å²) >= 11 is 0. The summed E-state index contributed by atoms with van der Waals surface area (Å²) in [5, 5.41) is 3.22. The molecule has 70 valence electrons. The first kappa shape index (κ1) is 9.68. The normalized spacial score (nSPS) is 24.4. The maximum atomic E-state index is 11.3. The zero-order valence-corrected chi connectivity index (χ0v) is 7.64. The Bertz CT molecular complexity index is 147. The van der Waals surface area contributed by atoms with Crippen LogP contribution in [0.25, 0.3) is 0 Å². The van der Waals surface area contributed by atoms with Crippen LogP contribution < -0.4 is 5.32 Å². The molecule has 0 spiro atoms. The Kier molecular flexibility index (Phi) is 4.25. The average molecular weight is 171 g/mol. The highest BCUT2D eigenvalue weighted by Crippen LogP contribution is 2.09. The average Bonchev–Trinajstić information content (AvgIpc) is 2.09. The Morgan fingerprint density at radius 1 is 1.67 bits per heavy atom. The van der Waals surface area contributed by atoms with Crippen molar-refractivity contribution >= 4 is 5.78 Å². The van der Waals surface area contributed by atoms with Crippen molar-refractivity contribution in [2.45, 2.75) is 19.8 Å². The van der Waals surface area contributed by atoms with Crippen LogP contribution >= 0.6 is 0 Å². The third kappa shape index (κ3) is 2.91. The van der Waals surface area contributed by atoms with Crippen LogP contribution in [0.1, 0.15) is 19.8 Å². The van der Waals surface area contributed by atoms with Crippen LogP contribution in [0.4, 0.5) is 0 Å². The van der Waals surface area contributed by atoms with Gasteiger partial charge in [-0.1, -0.05) is 0 Å². The van der Waals surface area contributed by atoms with Crippen molar-refractivity contribution in [2.75, 3.05) is 26.3 Å². The van der Waals surface area contributed by atoms with Crippen molar-refractivity contribution in [3.05, 3.63) is 0 Å². The first-order valence-electron chi connectivity index (χ1n) is 4.65. The van der Waals surface area contributed by atoms with Gasteiger partial charge in [0.05, 0.1) is 0 Å². The quantitative estimate of drug-likeness (QED) is 0.629. The summed E-state index contributed by atoms with van der Waals surface area (Å²) in [5.41, 5.74) is 0. The van der Waals surface area contributed by atoms with Gasteiger partial charge in [0.2, 0.25) is 0 Å². The van der Waals surface area contributed by atoms with Gasteiger partial charge in [-0.15, -0.1) is 0 Å². The Morgan fingerprint density at radius 3 is 3.17 bits per heavy atom. The number of hydrogen-bond acceptors (Lipinski definition) is 3. The van der Waals surface area contributed by atoms with Crippen LogP contribution in [-0.2, 0) is 9.53 Å². The molecule has 1 N–H and O–H groups in total. The van der Waals surface area contributed by atoms with Crippen LogP contribution in [0, 0.1) is 5.92 Å². The van der Waals surface area contributed by atoms with E-state index < -0.39 is 0 Å². The number of carbonyl (C=O) groups excluding carboxylic acids is 1. The Hall–Kier alpha value is -0.410. The minimum atomic E-state index is 0.199. The largest absolute Gasteiger partial charge is 0.382 e. The van der Waals surface area contributed by atoms with Crippen molar-refractivity contribution in [1.29, 1.82) is 0 Å². The lowest BCUT2D eigenvalue weighted by Gasteiger charge is -2.21. The molecule has 1 aliphatic rings. The van der Waals surface area contributed by atoms with Crippen molar-refractivity contribution in [3.63, 3.8) is 0 Å². The number of rotatable bonds is 4. The molecule has 0 aromatic heterocycles. The highest BCUT2D eigenvalue weighted by atomic mass is 16.5. The number of hydrogen-bond donors (Lipinski definition) is 1. The molecule has 0 radical (unpaired) electrons. The second-order valence-electron chi connectivity index (χ2n) is 3.10. The monoisotopic (exact) mass is 171 g/mol. The van der Waals surface area contributed by atoms with E-state index in [1.807, 2.05) is 6.92 Å². The second kappa shape index (κ2) is 5.27. The van der Waals surface area contributed by atoms with Crippen LogP contribution in [0.5, 0.6) is 0 Å². The first-order chi connectivity index (χ1) is 5.84. The highest BCUT2D eigenvalue weighted by molar-refractivity contribution is 5.82. The van der Waals surface area contributed by atoms with E-state index in [9.17, 15) is 4.79 Å². The minimum absolute atomic E-state index is 0.199. The molecule has 3 nitrogen and oxygen atoms in total. The number of Topliss-reactive ketones (excluding diaryl/α,β-unsaturated/α-hetero) is 1. The van der Waals surface area contributed by atoms with Gasteiger partial charge in [-0.2, -0.15) is 0 Å². The molecule has 0 aliphatic carbocycles. The van der Waals surface area contributed by atoms with Crippen LogP contribution in [0.2, 0.25) is 0 Å². The fourth-order valence-corrected chi connectivity index (χ4v) is 1.44. The molecule has 12 heavy (non-hydrogen) atoms. The van der Waals surface area contributed by atoms with E-state index in [0.29, 0.717) is 18.8 Å². The Morgan fingerprint density at radius 2 is 2.50 bits per heavy atom. The standard InChI is InChI=1S/C9H17NO2/c1-2-12-6-4-8-7-10-5-3-9(8)11/h8,10H,2-7H2,1H3. The lowest BCUT2D eigenvalue weighted by atomic mass is 9.95. The van der Waals surface area contributed by atoms with E-state index in [1.54, 1.807) is 0 Å². The maximum Gasteiger partial charge on any atom is 0.138 e. The summed E-state index contributed by atoms with van der Waals surface area (Å²) in [5.74, 6) is 0.596. The fraction of sp³-hybridized carbons (Fsp3) is 0.889. The minimum Gasteiger partial charge on any atom is -0.382 e. The first-order valence-corrected chi connectivity index (χ1v) is 4.65. The smallest absolute Gasteiger partial charge is 0.138 e. The van der Waals surface area contributed by atoms with Gasteiger partial charge in [0.25, 0.3) is 0 Å². The molecule has 1 atom stereocenters. The zero-order chi connectivity index (χ0) is 8.81. The van der Waals surface area contributed by atoms with E-state index in [4.69, 9.17) is 4.74 Å². The van der Waals surface area contributed by atoms with Crippen molar-refractivity contribution in [2.24, 2.45) is 5.92 Å². The van der Waals surface area contributed by atoms with Gasteiger partial charge in [0.15, 0.2) is 0 Å². The number of nitrogens with one attached hydrogen (secondary N) is 1. The van der Waals surface area contributed by atoms with Crippen molar-refractivity contribution in [3.8, 4) is 0 Å². The molecule has 1 unspecified atom stereocenters. The van der Waals surface area contributed by atoms with E-state index in [-0.39, 0.29) is 5.92 Å². The van der Waals surface area contributed by atoms with E-state index >= 15 is 0 Å². The molecule has 1 aliphatic heterocycles. The number of piperidine rings is 1. The molecule has 0 bridgehead atoms. The molecule has 0 aromatic rings. The van der Waals surface area contributed by atoms with E-state index in [1.165, 1.54) is 0 Å². The molecule has 1 saturated heterocycles. The van der Waals surface area contributed by atoms with E-state index in [2.05, 4.69) is 5.32 Å². The molecule has 3 heteroatoms. The maximum absolute atomic E-state index is 11.3. The molecule has 0 amide bonds. The van der Waals surface area contributed by atoms with Gasteiger partial charge in [-0.3, -0.25) is 4.79 Å². The number of ether oxygens (including phenoxy) is 1. The summed E-state index contributed by atoms with van der Waals surface area (Å²) in [6.07, 6.45) is 1.57. The van der Waals surface area contributed by atoms with Crippen molar-refractivity contribution in [1.82, 2.24) is 5.32 Å². The lowest BCUT2D eigenvalue weighted by molar-refractivity contribution is -0.124. The number of carbonyl (C=O) groups is 1. The summed E-state index contributed by atoms with van der Waals surface area (Å²) in [4.78, 5) is 11.3. The Labute approximate surface area is 73.5 Å². The summed E-state index contributed by atoms with van der Waals surface area (Å²) in [6, 6.07) is 0. The van der Waals surface area contributed by atoms with Gasteiger partial charge >= 0.3 is 0 Å². The van der Waals surface area contributed by atoms with Gasteiger partial charge in [-0.05, 0) is 13.3 Å². The highest BCUT2D eigenvalue weighted by Gasteiger charge is 2.20. The SMILES string of the molecule is CCOCCC1CNCCC1=O. The molecular formula is C9H17NO2. The predicted octanol–water partition coefficient (Wildman–Crippen LogP) is 0.592. The Balaban J connectivity index is 2.16. The van der Waals surface area contributed by atoms with Crippen LogP contribution in [0.3, 0.4) is 0 Å². The van der Waals surface area contributed by atoms with Crippen LogP contribution in [0.15, 0.2) is 0 Å². The van der Waals surface area contributed by atoms with Crippen molar-refractivity contribution < 1.29 is 9.53 Å². The molecule has 1 fully saturated rings. The van der Waals surface area contributed by atoms with Crippen LogP contribution in [-0.4, -0.2) is 32.1 Å². The van der Waals surface area contributed by atoms with Gasteiger partial charge < -0.3 is 10.1 Å². The predicted molar refractivity (Wildman–Crippen MR) is 47.1 cm³/mol. The van der Waals surface area contributed by atoms with Gasteiger partial charge in [0.1, 0.15) is 5.78 Å². The van der Waals surface area contributed by atoms with Gasteiger partial charge in [0, 0.05) is 38.6 Å². The van der Waals surface area contributed by atoms with E-state index in [0.717, 1.165) is 26.1 Å². The summed E-state index contributed by atoms with van der Waals surface area (Å²) in [6.45, 7) is 5.12. The third-order valence-corrected chi connectivity index (χ3v) is 2.21. The molecule has 1 rings (SSSR count). The van der Waals surface area contributed by atoms with Gasteiger partial charge in [-0.25, -0.2) is 0 Å². The zero-order valence-electron chi connectivity index (χ0n) is 7.64. The third-order valence-electron chi connectivity index (χ3n) is 2.21. The summed E-state index contributed by atoms with van der Waals surface area (Å²) < 4.78 is 5.20. The fourth-order valence-electron chi connectivity index (χ4n) is 1.44.